The zero-order valence-electron chi connectivity index (χ0n) is 26.3. The number of esters is 2. The molecule has 4 aromatic rings. The predicted octanol–water partition coefficient (Wildman–Crippen LogP) is 2.61. The highest BCUT2D eigenvalue weighted by molar-refractivity contribution is 5.96. The summed E-state index contributed by atoms with van der Waals surface area (Å²) < 4.78 is 20.2. The Balaban J connectivity index is 0.000000181. The summed E-state index contributed by atoms with van der Waals surface area (Å²) >= 11 is 0. The minimum atomic E-state index is -0.767. The number of hydrogen-bond donors (Lipinski definition) is 2. The first-order valence-electron chi connectivity index (χ1n) is 15.0. The number of ether oxygens (including phenoxy) is 4. The normalized spacial score (nSPS) is 16.4. The Morgan fingerprint density at radius 3 is 1.39 bits per heavy atom. The second-order valence-electron chi connectivity index (χ2n) is 10.9. The number of carbonyl (C=O) groups is 2. The average Bonchev–Trinajstić information content (AvgIpc) is 3.10. The molecule has 14 heteroatoms. The maximum Gasteiger partial charge on any atom is 0.337 e. The maximum absolute atomic E-state index is 11.8. The number of rotatable bonds is 6. The molecule has 244 valence electrons. The molecule has 2 aromatic heterocycles. The number of carbonyl (C=O) groups excluding carboxylic acids is 2. The molecule has 2 aliphatic rings. The number of anilines is 2. The van der Waals surface area contributed by atoms with E-state index in [2.05, 4.69) is 29.7 Å². The van der Waals surface area contributed by atoms with E-state index in [1.165, 1.54) is 14.2 Å². The Kier molecular flexibility index (Phi) is 10.5. The van der Waals surface area contributed by atoms with Gasteiger partial charge in [-0.2, -0.15) is 0 Å². The zero-order valence-corrected chi connectivity index (χ0v) is 26.3. The Hall–Kier alpha value is -4.50. The summed E-state index contributed by atoms with van der Waals surface area (Å²) in [5.41, 5.74) is 4.12. The molecule has 0 spiro atoms. The van der Waals surface area contributed by atoms with E-state index in [-0.39, 0.29) is 0 Å². The van der Waals surface area contributed by atoms with Crippen LogP contribution in [0.5, 0.6) is 0 Å². The van der Waals surface area contributed by atoms with E-state index >= 15 is 0 Å². The van der Waals surface area contributed by atoms with Gasteiger partial charge in [0.25, 0.3) is 0 Å². The summed E-state index contributed by atoms with van der Waals surface area (Å²) in [7, 11) is 2.64. The van der Waals surface area contributed by atoms with Gasteiger partial charge in [0.05, 0.1) is 98.4 Å². The molecule has 0 amide bonds. The van der Waals surface area contributed by atoms with Gasteiger partial charge >= 0.3 is 11.9 Å². The number of hydrogen-bond acceptors (Lipinski definition) is 14. The molecule has 2 unspecified atom stereocenters. The number of aromatic nitrogens is 4. The Morgan fingerprint density at radius 2 is 1.07 bits per heavy atom. The topological polar surface area (TPSA) is 170 Å². The van der Waals surface area contributed by atoms with Crippen LogP contribution in [0.3, 0.4) is 0 Å². The molecule has 0 aliphatic carbocycles. The van der Waals surface area contributed by atoms with E-state index in [9.17, 15) is 19.8 Å². The van der Waals surface area contributed by atoms with Crippen molar-refractivity contribution in [2.24, 2.45) is 0 Å². The van der Waals surface area contributed by atoms with Crippen LogP contribution >= 0.6 is 0 Å². The van der Waals surface area contributed by atoms with Gasteiger partial charge in [0.15, 0.2) is 0 Å². The predicted molar refractivity (Wildman–Crippen MR) is 169 cm³/mol. The molecule has 0 bridgehead atoms. The van der Waals surface area contributed by atoms with E-state index in [1.54, 1.807) is 50.5 Å². The first-order valence-corrected chi connectivity index (χ1v) is 15.0. The molecule has 4 heterocycles. The van der Waals surface area contributed by atoms with Crippen molar-refractivity contribution in [2.45, 2.75) is 26.1 Å². The summed E-state index contributed by atoms with van der Waals surface area (Å²) in [4.78, 5) is 45.8. The highest BCUT2D eigenvalue weighted by Crippen LogP contribution is 2.28. The number of aliphatic hydroxyl groups excluding tert-OH is 2. The second-order valence-corrected chi connectivity index (χ2v) is 10.9. The van der Waals surface area contributed by atoms with Gasteiger partial charge in [-0.15, -0.1) is 0 Å². The molecular formula is C32H38N6O8. The van der Waals surface area contributed by atoms with Crippen molar-refractivity contribution in [3.63, 3.8) is 0 Å². The maximum atomic E-state index is 11.8. The molecule has 2 atom stereocenters. The van der Waals surface area contributed by atoms with Crippen LogP contribution in [0.4, 0.5) is 11.6 Å². The van der Waals surface area contributed by atoms with Crippen LogP contribution in [0.25, 0.3) is 22.1 Å². The van der Waals surface area contributed by atoms with Crippen molar-refractivity contribution < 1.29 is 38.7 Å². The molecule has 0 saturated carbocycles. The molecule has 46 heavy (non-hydrogen) atoms. The lowest BCUT2D eigenvalue weighted by atomic mass is 10.0. The van der Waals surface area contributed by atoms with Crippen LogP contribution in [0.2, 0.25) is 0 Å². The fourth-order valence-electron chi connectivity index (χ4n) is 5.26. The number of morpholine rings is 2. The number of benzene rings is 2. The minimum Gasteiger partial charge on any atom is -0.465 e. The van der Waals surface area contributed by atoms with Gasteiger partial charge in [0.2, 0.25) is 0 Å². The van der Waals surface area contributed by atoms with E-state index in [1.807, 2.05) is 0 Å². The first-order chi connectivity index (χ1) is 22.2. The fraction of sp³-hybridized carbons (Fsp3) is 0.438. The Bertz CT molecular complexity index is 1580. The minimum absolute atomic E-state index is 0.351. The summed E-state index contributed by atoms with van der Waals surface area (Å²) in [5.74, 6) is 0.558. The van der Waals surface area contributed by atoms with Crippen LogP contribution in [0, 0.1) is 0 Å². The molecule has 0 radical (unpaired) electrons. The lowest BCUT2D eigenvalue weighted by Crippen LogP contribution is -2.36. The van der Waals surface area contributed by atoms with Crippen LogP contribution in [0.15, 0.2) is 36.7 Å². The van der Waals surface area contributed by atoms with E-state index in [0.29, 0.717) is 70.7 Å². The van der Waals surface area contributed by atoms with Crippen LogP contribution in [-0.4, -0.2) is 109 Å². The van der Waals surface area contributed by atoms with Crippen molar-refractivity contribution >= 4 is 45.6 Å². The van der Waals surface area contributed by atoms with Crippen molar-refractivity contribution in [1.82, 2.24) is 19.9 Å². The molecule has 2 aliphatic heterocycles. The van der Waals surface area contributed by atoms with Gasteiger partial charge in [-0.1, -0.05) is 0 Å². The summed E-state index contributed by atoms with van der Waals surface area (Å²) in [5, 5.41) is 20.1. The lowest BCUT2D eigenvalue weighted by molar-refractivity contribution is 0.0591. The van der Waals surface area contributed by atoms with Crippen LogP contribution < -0.4 is 9.80 Å². The molecular weight excluding hydrogens is 596 g/mol. The van der Waals surface area contributed by atoms with Gasteiger partial charge in [-0.25, -0.2) is 19.6 Å². The standard InChI is InChI=1S/2C16H19N3O4/c2*1-10(20)12-7-11(16(21)22-2)8-13-15(12)18-14(9-17-13)19-3-5-23-6-4-19/h2*7-10,20H,3-6H2,1-2H3. The third-order valence-electron chi connectivity index (χ3n) is 7.74. The van der Waals surface area contributed by atoms with Crippen molar-refractivity contribution in [2.75, 3.05) is 76.6 Å². The third kappa shape index (κ3) is 7.31. The lowest BCUT2D eigenvalue weighted by Gasteiger charge is -2.27. The second kappa shape index (κ2) is 14.7. The largest absolute Gasteiger partial charge is 0.465 e. The van der Waals surface area contributed by atoms with Crippen molar-refractivity contribution in [3.8, 4) is 0 Å². The number of nitrogens with zero attached hydrogens (tertiary/aromatic N) is 6. The third-order valence-corrected chi connectivity index (χ3v) is 7.74. The Morgan fingerprint density at radius 1 is 0.696 bits per heavy atom. The van der Waals surface area contributed by atoms with Crippen molar-refractivity contribution in [3.05, 3.63) is 58.9 Å². The van der Waals surface area contributed by atoms with E-state index in [0.717, 1.165) is 37.8 Å². The van der Waals surface area contributed by atoms with E-state index in [4.69, 9.17) is 18.9 Å². The Labute approximate surface area is 265 Å². The van der Waals surface area contributed by atoms with E-state index < -0.39 is 24.1 Å². The van der Waals surface area contributed by atoms with Crippen LogP contribution in [-0.2, 0) is 18.9 Å². The van der Waals surface area contributed by atoms with Crippen LogP contribution in [0.1, 0.15) is 57.9 Å². The molecule has 2 saturated heterocycles. The highest BCUT2D eigenvalue weighted by atomic mass is 16.5. The summed E-state index contributed by atoms with van der Waals surface area (Å²) in [6.07, 6.45) is 1.83. The fourth-order valence-corrected chi connectivity index (χ4v) is 5.26. The van der Waals surface area contributed by atoms with Gasteiger partial charge < -0.3 is 39.0 Å². The zero-order chi connectivity index (χ0) is 32.8. The number of fused-ring (bicyclic) bond motifs is 2. The number of methoxy groups -OCH3 is 2. The number of aliphatic hydroxyl groups is 2. The molecule has 2 fully saturated rings. The first kappa shape index (κ1) is 32.9. The molecule has 14 nitrogen and oxygen atoms in total. The van der Waals surface area contributed by atoms with Gasteiger partial charge in [-0.05, 0) is 38.1 Å². The highest BCUT2D eigenvalue weighted by Gasteiger charge is 2.20. The van der Waals surface area contributed by atoms with Gasteiger partial charge in [0.1, 0.15) is 11.6 Å². The summed E-state index contributed by atoms with van der Waals surface area (Å²) in [6, 6.07) is 6.47. The summed E-state index contributed by atoms with van der Waals surface area (Å²) in [6.45, 7) is 8.92. The average molecular weight is 635 g/mol. The molecule has 2 aromatic carbocycles. The molecule has 6 rings (SSSR count). The molecule has 2 N–H and O–H groups in total. The van der Waals surface area contributed by atoms with Gasteiger partial charge in [-0.3, -0.25) is 9.97 Å². The quantitative estimate of drug-likeness (QED) is 0.297. The monoisotopic (exact) mass is 634 g/mol. The van der Waals surface area contributed by atoms with Crippen molar-refractivity contribution in [1.29, 1.82) is 0 Å². The smallest absolute Gasteiger partial charge is 0.337 e. The van der Waals surface area contributed by atoms with Gasteiger partial charge in [0, 0.05) is 37.3 Å². The SMILES string of the molecule is COC(=O)c1cc(C(C)O)c2nc(N3CCOCC3)cnc2c1.COC(=O)c1cc(C(C)O)c2nc(N3CCOCC3)cnc2c1.